The van der Waals surface area contributed by atoms with Gasteiger partial charge < -0.3 is 9.64 Å². The molecule has 1 aliphatic heterocycles. The lowest BCUT2D eigenvalue weighted by Crippen LogP contribution is -2.49. The number of ether oxygens (including phenoxy) is 1. The molecule has 0 aliphatic carbocycles. The van der Waals surface area contributed by atoms with E-state index in [1.807, 2.05) is 40.0 Å². The largest absolute Gasteiger partial charge is 0.497 e. The lowest BCUT2D eigenvalue weighted by Gasteiger charge is -2.34. The van der Waals surface area contributed by atoms with Gasteiger partial charge >= 0.3 is 0 Å². The fourth-order valence-electron chi connectivity index (χ4n) is 2.83. The maximum atomic E-state index is 12.5. The van der Waals surface area contributed by atoms with Crippen LogP contribution < -0.4 is 4.74 Å². The van der Waals surface area contributed by atoms with E-state index >= 15 is 0 Å². The van der Waals surface area contributed by atoms with Crippen LogP contribution in [0.2, 0.25) is 5.02 Å². The predicted molar refractivity (Wildman–Crippen MR) is 92.1 cm³/mol. The molecule has 0 saturated carbocycles. The molecule has 0 N–H and O–H groups in total. The third-order valence-electron chi connectivity index (χ3n) is 4.16. The molecule has 1 aromatic carbocycles. The van der Waals surface area contributed by atoms with Gasteiger partial charge in [0, 0.05) is 32.4 Å². The smallest absolute Gasteiger partial charge is 0.227 e. The number of benzene rings is 1. The van der Waals surface area contributed by atoms with Crippen molar-refractivity contribution in [3.05, 3.63) is 47.2 Å². The number of hydrogen-bond donors (Lipinski definition) is 0. The Balaban J connectivity index is 1.49. The number of rotatable bonds is 5. The van der Waals surface area contributed by atoms with Gasteiger partial charge in [0.25, 0.3) is 0 Å². The van der Waals surface area contributed by atoms with E-state index in [-0.39, 0.29) is 5.91 Å². The number of hydrogen-bond acceptors (Lipinski definition) is 4. The van der Waals surface area contributed by atoms with Crippen molar-refractivity contribution in [2.45, 2.75) is 13.1 Å². The molecule has 128 valence electrons. The second kappa shape index (κ2) is 7.68. The van der Waals surface area contributed by atoms with Crippen LogP contribution in [-0.4, -0.2) is 58.8 Å². The molecule has 2 aromatic rings. The Morgan fingerprint density at radius 1 is 1.29 bits per heavy atom. The first kappa shape index (κ1) is 16.8. The first-order valence-corrected chi connectivity index (χ1v) is 8.33. The van der Waals surface area contributed by atoms with Crippen LogP contribution in [0.4, 0.5) is 0 Å². The molecule has 0 spiro atoms. The van der Waals surface area contributed by atoms with Crippen LogP contribution in [0, 0.1) is 0 Å². The fourth-order valence-corrected chi connectivity index (χ4v) is 2.98. The highest BCUT2D eigenvalue weighted by Crippen LogP contribution is 2.14. The van der Waals surface area contributed by atoms with Crippen molar-refractivity contribution in [2.75, 3.05) is 33.3 Å². The van der Waals surface area contributed by atoms with E-state index < -0.39 is 0 Å². The van der Waals surface area contributed by atoms with Crippen LogP contribution in [0.1, 0.15) is 5.56 Å². The zero-order valence-corrected chi connectivity index (χ0v) is 14.4. The number of methoxy groups -OCH3 is 1. The Hall–Kier alpha value is -2.05. The molecule has 2 heterocycles. The number of amides is 1. The summed E-state index contributed by atoms with van der Waals surface area (Å²) < 4.78 is 7.02. The summed E-state index contributed by atoms with van der Waals surface area (Å²) in [6, 6.07) is 7.66. The molecule has 0 radical (unpaired) electrons. The third-order valence-corrected chi connectivity index (χ3v) is 4.36. The molecule has 0 bridgehead atoms. The topological polar surface area (TPSA) is 50.6 Å². The van der Waals surface area contributed by atoms with Gasteiger partial charge in [0.2, 0.25) is 5.91 Å². The molecule has 1 aromatic heterocycles. The Labute approximate surface area is 146 Å². The average molecular weight is 349 g/mol. The maximum Gasteiger partial charge on any atom is 0.227 e. The minimum absolute atomic E-state index is 0.157. The standard InChI is InChI=1S/C17H21ClN4O2/c1-24-16-4-2-3-14(9-16)10-17(23)21-7-5-20(6-8-21)13-22-12-15(18)11-19-22/h2-4,9,11-12H,5-8,10,13H2,1H3. The summed E-state index contributed by atoms with van der Waals surface area (Å²) in [5.41, 5.74) is 0.980. The molecule has 1 amide bonds. The van der Waals surface area contributed by atoms with Crippen molar-refractivity contribution in [3.63, 3.8) is 0 Å². The van der Waals surface area contributed by atoms with Crippen molar-refractivity contribution in [2.24, 2.45) is 0 Å². The number of carbonyl (C=O) groups is 1. The number of nitrogens with zero attached hydrogens (tertiary/aromatic N) is 4. The van der Waals surface area contributed by atoms with E-state index in [1.54, 1.807) is 13.3 Å². The minimum Gasteiger partial charge on any atom is -0.497 e. The number of halogens is 1. The summed E-state index contributed by atoms with van der Waals surface area (Å²) in [7, 11) is 1.63. The molecular weight excluding hydrogens is 328 g/mol. The third kappa shape index (κ3) is 4.27. The summed E-state index contributed by atoms with van der Waals surface area (Å²) in [6.07, 6.45) is 3.85. The van der Waals surface area contributed by atoms with Gasteiger partial charge in [0.05, 0.1) is 31.4 Å². The molecule has 24 heavy (non-hydrogen) atoms. The van der Waals surface area contributed by atoms with Gasteiger partial charge in [0.1, 0.15) is 5.75 Å². The summed E-state index contributed by atoms with van der Waals surface area (Å²) >= 11 is 5.88. The molecule has 0 unspecified atom stereocenters. The van der Waals surface area contributed by atoms with Crippen LogP contribution in [-0.2, 0) is 17.9 Å². The van der Waals surface area contributed by atoms with Gasteiger partial charge in [-0.1, -0.05) is 23.7 Å². The number of aromatic nitrogens is 2. The second-order valence-electron chi connectivity index (χ2n) is 5.87. The molecular formula is C17H21ClN4O2. The second-order valence-corrected chi connectivity index (χ2v) is 6.30. The molecule has 1 saturated heterocycles. The fraction of sp³-hybridized carbons (Fsp3) is 0.412. The van der Waals surface area contributed by atoms with Crippen molar-refractivity contribution in [3.8, 4) is 5.75 Å². The monoisotopic (exact) mass is 348 g/mol. The van der Waals surface area contributed by atoms with Gasteiger partial charge in [-0.15, -0.1) is 0 Å². The zero-order valence-electron chi connectivity index (χ0n) is 13.7. The van der Waals surface area contributed by atoms with Crippen LogP contribution in [0.25, 0.3) is 0 Å². The molecule has 3 rings (SSSR count). The van der Waals surface area contributed by atoms with Crippen LogP contribution >= 0.6 is 11.6 Å². The Morgan fingerprint density at radius 3 is 2.75 bits per heavy atom. The summed E-state index contributed by atoms with van der Waals surface area (Å²) in [5, 5.41) is 4.83. The van der Waals surface area contributed by atoms with E-state index in [0.717, 1.165) is 37.5 Å². The summed E-state index contributed by atoms with van der Waals surface area (Å²) in [5.74, 6) is 0.938. The zero-order chi connectivity index (χ0) is 16.9. The molecule has 7 heteroatoms. The van der Waals surface area contributed by atoms with Gasteiger partial charge in [0.15, 0.2) is 0 Å². The van der Waals surface area contributed by atoms with Gasteiger partial charge in [-0.2, -0.15) is 5.10 Å². The van der Waals surface area contributed by atoms with Crippen molar-refractivity contribution < 1.29 is 9.53 Å². The lowest BCUT2D eigenvalue weighted by atomic mass is 10.1. The molecule has 0 atom stereocenters. The Bertz CT molecular complexity index is 695. The normalized spacial score (nSPS) is 15.5. The van der Waals surface area contributed by atoms with E-state index in [9.17, 15) is 4.79 Å². The van der Waals surface area contributed by atoms with Gasteiger partial charge in [-0.25, -0.2) is 0 Å². The van der Waals surface area contributed by atoms with E-state index in [1.165, 1.54) is 0 Å². The van der Waals surface area contributed by atoms with Crippen molar-refractivity contribution in [1.29, 1.82) is 0 Å². The Morgan fingerprint density at radius 2 is 2.08 bits per heavy atom. The van der Waals surface area contributed by atoms with Crippen molar-refractivity contribution >= 4 is 17.5 Å². The van der Waals surface area contributed by atoms with E-state index in [2.05, 4.69) is 10.00 Å². The lowest BCUT2D eigenvalue weighted by molar-refractivity contribution is -0.132. The Kier molecular flexibility index (Phi) is 5.37. The van der Waals surface area contributed by atoms with E-state index in [4.69, 9.17) is 16.3 Å². The highest BCUT2D eigenvalue weighted by atomic mass is 35.5. The molecule has 1 aliphatic rings. The first-order valence-electron chi connectivity index (χ1n) is 7.95. The van der Waals surface area contributed by atoms with Crippen LogP contribution in [0.3, 0.4) is 0 Å². The first-order chi connectivity index (χ1) is 11.6. The minimum atomic E-state index is 0.157. The van der Waals surface area contributed by atoms with Crippen molar-refractivity contribution in [1.82, 2.24) is 19.6 Å². The van der Waals surface area contributed by atoms with Crippen LogP contribution in [0.5, 0.6) is 5.75 Å². The maximum absolute atomic E-state index is 12.5. The van der Waals surface area contributed by atoms with Gasteiger partial charge in [-0.05, 0) is 17.7 Å². The summed E-state index contributed by atoms with van der Waals surface area (Å²) in [4.78, 5) is 16.7. The average Bonchev–Trinajstić information content (AvgIpc) is 3.00. The van der Waals surface area contributed by atoms with Gasteiger partial charge in [-0.3, -0.25) is 14.4 Å². The van der Waals surface area contributed by atoms with E-state index in [0.29, 0.717) is 18.1 Å². The highest BCUT2D eigenvalue weighted by molar-refractivity contribution is 6.30. The SMILES string of the molecule is COc1cccc(CC(=O)N2CCN(Cn3cc(Cl)cn3)CC2)c1. The van der Waals surface area contributed by atoms with Crippen LogP contribution in [0.15, 0.2) is 36.7 Å². The highest BCUT2D eigenvalue weighted by Gasteiger charge is 2.21. The predicted octanol–water partition coefficient (Wildman–Crippen LogP) is 1.89. The number of carbonyl (C=O) groups excluding carboxylic acids is 1. The quantitative estimate of drug-likeness (QED) is 0.828. The summed E-state index contributed by atoms with van der Waals surface area (Å²) in [6.45, 7) is 3.84. The molecule has 6 nitrogen and oxygen atoms in total. The number of piperazine rings is 1. The molecule has 1 fully saturated rings.